The molecule has 0 aliphatic heterocycles. The molecule has 0 saturated heterocycles. The Bertz CT molecular complexity index is 529. The van der Waals surface area contributed by atoms with Crippen molar-refractivity contribution in [1.82, 2.24) is 4.47 Å². The number of hydroxylamine groups is 1. The van der Waals surface area contributed by atoms with Gasteiger partial charge in [0.15, 0.2) is 0 Å². The molecule has 0 fully saturated rings. The second kappa shape index (κ2) is 5.42. The topological polar surface area (TPSA) is 91.1 Å². The molecule has 102 valence electrons. The quantitative estimate of drug-likeness (QED) is 0.621. The Morgan fingerprint density at radius 3 is 2.11 bits per heavy atom. The van der Waals surface area contributed by atoms with Crippen molar-refractivity contribution in [3.63, 3.8) is 0 Å². The van der Waals surface area contributed by atoms with Gasteiger partial charge in [0.05, 0.1) is 27.0 Å². The number of nitrogens with two attached hydrogens (primary N) is 1. The van der Waals surface area contributed by atoms with Crippen molar-refractivity contribution in [3.05, 3.63) is 12.1 Å². The van der Waals surface area contributed by atoms with E-state index in [9.17, 15) is 8.42 Å². The number of anilines is 1. The second-order valence-corrected chi connectivity index (χ2v) is 5.25. The van der Waals surface area contributed by atoms with Crippen molar-refractivity contribution in [2.24, 2.45) is 0 Å². The summed E-state index contributed by atoms with van der Waals surface area (Å²) in [5, 5.41) is 0. The lowest BCUT2D eigenvalue weighted by molar-refractivity contribution is -0.0259. The first-order valence-corrected chi connectivity index (χ1v) is 6.37. The molecule has 18 heavy (non-hydrogen) atoms. The summed E-state index contributed by atoms with van der Waals surface area (Å²) in [7, 11) is 1.48. The normalized spacial score (nSPS) is 11.6. The first-order valence-electron chi connectivity index (χ1n) is 4.93. The molecule has 0 unspecified atom stereocenters. The minimum Gasteiger partial charge on any atom is -0.495 e. The molecule has 0 aromatic heterocycles. The molecule has 0 atom stereocenters. The lowest BCUT2D eigenvalue weighted by atomic mass is 10.3. The fourth-order valence-corrected chi connectivity index (χ4v) is 2.48. The van der Waals surface area contributed by atoms with Crippen LogP contribution in [0.4, 0.5) is 5.69 Å². The van der Waals surface area contributed by atoms with Gasteiger partial charge in [0.2, 0.25) is 0 Å². The van der Waals surface area contributed by atoms with E-state index in [0.717, 1.165) is 4.47 Å². The molecule has 1 rings (SSSR count). The van der Waals surface area contributed by atoms with Gasteiger partial charge in [-0.3, -0.25) is 4.84 Å². The van der Waals surface area contributed by atoms with E-state index in [1.54, 1.807) is 0 Å². The highest BCUT2D eigenvalue weighted by Gasteiger charge is 2.26. The predicted octanol–water partition coefficient (Wildman–Crippen LogP) is 0.468. The highest BCUT2D eigenvalue weighted by atomic mass is 32.2. The van der Waals surface area contributed by atoms with Gasteiger partial charge in [-0.15, -0.1) is 0 Å². The molecule has 0 aliphatic carbocycles. The molecule has 0 heterocycles. The van der Waals surface area contributed by atoms with Crippen LogP contribution in [0.25, 0.3) is 0 Å². The molecule has 0 saturated carbocycles. The first kappa shape index (κ1) is 14.6. The van der Waals surface area contributed by atoms with Gasteiger partial charge in [-0.1, -0.05) is 4.47 Å². The molecule has 8 heteroatoms. The average molecular weight is 276 g/mol. The van der Waals surface area contributed by atoms with Gasteiger partial charge in [-0.25, -0.2) is 8.42 Å². The standard InChI is InChI=1S/C10H16N2O5S/c1-12(17-4)18(13,14)10-5-7(11)8(15-2)6-9(10)16-3/h5-6H,11H2,1-4H3. The molecule has 0 radical (unpaired) electrons. The largest absolute Gasteiger partial charge is 0.495 e. The number of hydrogen-bond acceptors (Lipinski definition) is 6. The molecule has 2 N–H and O–H groups in total. The zero-order chi connectivity index (χ0) is 13.9. The molecule has 0 amide bonds. The van der Waals surface area contributed by atoms with Crippen molar-refractivity contribution >= 4 is 15.7 Å². The molecule has 0 spiro atoms. The van der Waals surface area contributed by atoms with Crippen molar-refractivity contribution in [2.45, 2.75) is 4.90 Å². The van der Waals surface area contributed by atoms with Crippen LogP contribution in [-0.4, -0.2) is 41.3 Å². The van der Waals surface area contributed by atoms with Crippen LogP contribution in [0.2, 0.25) is 0 Å². The molecule has 0 bridgehead atoms. The van der Waals surface area contributed by atoms with E-state index in [1.165, 1.54) is 40.5 Å². The van der Waals surface area contributed by atoms with Gasteiger partial charge < -0.3 is 15.2 Å². The predicted molar refractivity (Wildman–Crippen MR) is 65.9 cm³/mol. The summed E-state index contributed by atoms with van der Waals surface area (Å²) >= 11 is 0. The Labute approximate surface area is 106 Å². The lowest BCUT2D eigenvalue weighted by Gasteiger charge is -2.17. The number of hydrogen-bond donors (Lipinski definition) is 1. The summed E-state index contributed by atoms with van der Waals surface area (Å²) in [6, 6.07) is 2.67. The average Bonchev–Trinajstić information content (AvgIpc) is 2.37. The van der Waals surface area contributed by atoms with Gasteiger partial charge in [-0.2, -0.15) is 0 Å². The minimum atomic E-state index is -3.83. The van der Waals surface area contributed by atoms with E-state index in [1.807, 2.05) is 0 Å². The summed E-state index contributed by atoms with van der Waals surface area (Å²) in [6.45, 7) is 0. The summed E-state index contributed by atoms with van der Waals surface area (Å²) in [5.74, 6) is 0.468. The number of ether oxygens (including phenoxy) is 2. The van der Waals surface area contributed by atoms with E-state index in [-0.39, 0.29) is 16.3 Å². The zero-order valence-corrected chi connectivity index (χ0v) is 11.4. The summed E-state index contributed by atoms with van der Waals surface area (Å²) in [6.07, 6.45) is 0. The molecule has 0 aliphatic rings. The fourth-order valence-electron chi connectivity index (χ4n) is 1.33. The van der Waals surface area contributed by atoms with Crippen LogP contribution in [0, 0.1) is 0 Å². The molecular weight excluding hydrogens is 260 g/mol. The Hall–Kier alpha value is -1.51. The van der Waals surface area contributed by atoms with Crippen molar-refractivity contribution in [3.8, 4) is 11.5 Å². The smallest absolute Gasteiger partial charge is 0.268 e. The van der Waals surface area contributed by atoms with Gasteiger partial charge in [-0.05, 0) is 6.07 Å². The third kappa shape index (κ3) is 2.50. The maximum atomic E-state index is 12.1. The Morgan fingerprint density at radius 2 is 1.67 bits per heavy atom. The van der Waals surface area contributed by atoms with Crippen molar-refractivity contribution < 1.29 is 22.7 Å². The Kier molecular flexibility index (Phi) is 4.38. The van der Waals surface area contributed by atoms with Crippen LogP contribution in [0.1, 0.15) is 0 Å². The fraction of sp³-hybridized carbons (Fsp3) is 0.400. The van der Waals surface area contributed by atoms with Gasteiger partial charge in [0.25, 0.3) is 10.0 Å². The highest BCUT2D eigenvalue weighted by molar-refractivity contribution is 7.89. The minimum absolute atomic E-state index is 0.0901. The first-order chi connectivity index (χ1) is 8.38. The third-order valence-corrected chi connectivity index (χ3v) is 4.09. The number of nitrogens with zero attached hydrogens (tertiary/aromatic N) is 1. The van der Waals surface area contributed by atoms with Crippen molar-refractivity contribution in [1.29, 1.82) is 0 Å². The van der Waals surface area contributed by atoms with Crippen molar-refractivity contribution in [2.75, 3.05) is 34.1 Å². The number of benzene rings is 1. The van der Waals surface area contributed by atoms with Crippen LogP contribution in [-0.2, 0) is 14.9 Å². The second-order valence-electron chi connectivity index (χ2n) is 3.34. The number of methoxy groups -OCH3 is 2. The van der Waals surface area contributed by atoms with E-state index < -0.39 is 10.0 Å². The van der Waals surface area contributed by atoms with Gasteiger partial charge in [0.1, 0.15) is 16.4 Å². The Morgan fingerprint density at radius 1 is 1.11 bits per heavy atom. The van der Waals surface area contributed by atoms with Crippen LogP contribution in [0.5, 0.6) is 11.5 Å². The zero-order valence-electron chi connectivity index (χ0n) is 10.6. The van der Waals surface area contributed by atoms with E-state index >= 15 is 0 Å². The monoisotopic (exact) mass is 276 g/mol. The lowest BCUT2D eigenvalue weighted by Crippen LogP contribution is -2.26. The van der Waals surface area contributed by atoms with Crippen LogP contribution in [0.15, 0.2) is 17.0 Å². The number of nitrogen functional groups attached to an aromatic ring is 1. The third-order valence-electron chi connectivity index (χ3n) is 2.39. The molecule has 1 aromatic carbocycles. The van der Waals surface area contributed by atoms with Crippen LogP contribution >= 0.6 is 0 Å². The van der Waals surface area contributed by atoms with E-state index in [0.29, 0.717) is 5.75 Å². The van der Waals surface area contributed by atoms with Gasteiger partial charge >= 0.3 is 0 Å². The summed E-state index contributed by atoms with van der Waals surface area (Å²) in [4.78, 5) is 4.59. The van der Waals surface area contributed by atoms with Crippen LogP contribution < -0.4 is 15.2 Å². The van der Waals surface area contributed by atoms with Gasteiger partial charge in [0, 0.05) is 13.1 Å². The SMILES string of the molecule is COc1cc(OC)c(S(=O)(=O)N(C)OC)cc1N. The summed E-state index contributed by atoms with van der Waals surface area (Å²) < 4.78 is 35.0. The maximum absolute atomic E-state index is 12.1. The van der Waals surface area contributed by atoms with E-state index in [2.05, 4.69) is 4.84 Å². The van der Waals surface area contributed by atoms with Crippen LogP contribution in [0.3, 0.4) is 0 Å². The molecular formula is C10H16N2O5S. The number of rotatable bonds is 5. The van der Waals surface area contributed by atoms with E-state index in [4.69, 9.17) is 15.2 Å². The number of sulfonamides is 1. The Balaban J connectivity index is 3.46. The molecule has 7 nitrogen and oxygen atoms in total. The highest BCUT2D eigenvalue weighted by Crippen LogP contribution is 2.34. The summed E-state index contributed by atoms with van der Waals surface area (Å²) in [5.41, 5.74) is 5.89. The maximum Gasteiger partial charge on any atom is 0.268 e. The molecule has 1 aromatic rings.